The highest BCUT2D eigenvalue weighted by Gasteiger charge is 2.14. The van der Waals surface area contributed by atoms with Crippen molar-refractivity contribution in [3.05, 3.63) is 29.8 Å². The lowest BCUT2D eigenvalue weighted by Crippen LogP contribution is -2.42. The molecule has 0 aliphatic carbocycles. The van der Waals surface area contributed by atoms with Crippen LogP contribution in [0, 0.1) is 19.3 Å². The molecule has 0 fully saturated rings. The minimum atomic E-state index is -0.468. The van der Waals surface area contributed by atoms with Gasteiger partial charge in [0.05, 0.1) is 12.1 Å². The maximum Gasteiger partial charge on any atom is 0.238 e. The third kappa shape index (κ3) is 4.71. The molecule has 0 aromatic heterocycles. The molecule has 1 aromatic rings. The first-order chi connectivity index (χ1) is 7.93. The number of anilines is 1. The maximum atomic E-state index is 11.6. The first kappa shape index (κ1) is 13.3. The van der Waals surface area contributed by atoms with Crippen molar-refractivity contribution in [3.63, 3.8) is 0 Å². The Morgan fingerprint density at radius 3 is 2.76 bits per heavy atom. The zero-order valence-electron chi connectivity index (χ0n) is 10.5. The van der Waals surface area contributed by atoms with E-state index in [1.165, 1.54) is 0 Å². The Labute approximate surface area is 103 Å². The Bertz CT molecular complexity index is 444. The van der Waals surface area contributed by atoms with Crippen LogP contribution in [0.4, 0.5) is 5.69 Å². The van der Waals surface area contributed by atoms with Gasteiger partial charge >= 0.3 is 0 Å². The van der Waals surface area contributed by atoms with E-state index in [-0.39, 0.29) is 12.5 Å². The summed E-state index contributed by atoms with van der Waals surface area (Å²) in [4.78, 5) is 11.6. The molecular weight excluding hydrogens is 212 g/mol. The lowest BCUT2D eigenvalue weighted by Gasteiger charge is -2.19. The quantitative estimate of drug-likeness (QED) is 0.776. The number of nitrogens with one attached hydrogen (secondary N) is 2. The molecule has 0 unspecified atom stereocenters. The molecule has 17 heavy (non-hydrogen) atoms. The van der Waals surface area contributed by atoms with Gasteiger partial charge in [0.1, 0.15) is 0 Å². The fraction of sp³-hybridized carbons (Fsp3) is 0.357. The Morgan fingerprint density at radius 2 is 2.18 bits per heavy atom. The van der Waals surface area contributed by atoms with Gasteiger partial charge in [0.15, 0.2) is 0 Å². The number of rotatable bonds is 4. The van der Waals surface area contributed by atoms with Gasteiger partial charge in [-0.3, -0.25) is 10.1 Å². The van der Waals surface area contributed by atoms with Crippen molar-refractivity contribution in [1.29, 1.82) is 0 Å². The molecule has 0 spiro atoms. The standard InChI is InChI=1S/C14H18N2O/c1-5-14(3,4)15-10-13(17)16-12-8-6-7-11(2)9-12/h1,6-9,15H,10H2,2-4H3,(H,16,17). The highest BCUT2D eigenvalue weighted by molar-refractivity contribution is 5.92. The topological polar surface area (TPSA) is 41.1 Å². The summed E-state index contributed by atoms with van der Waals surface area (Å²) in [5.41, 5.74) is 1.44. The molecule has 3 nitrogen and oxygen atoms in total. The normalized spacial score (nSPS) is 10.7. The molecule has 3 heteroatoms. The third-order valence-electron chi connectivity index (χ3n) is 2.35. The zero-order valence-corrected chi connectivity index (χ0v) is 10.5. The minimum Gasteiger partial charge on any atom is -0.325 e. The monoisotopic (exact) mass is 230 g/mol. The number of benzene rings is 1. The smallest absolute Gasteiger partial charge is 0.238 e. The summed E-state index contributed by atoms with van der Waals surface area (Å²) in [7, 11) is 0. The van der Waals surface area contributed by atoms with Crippen LogP contribution in [0.5, 0.6) is 0 Å². The number of carbonyl (C=O) groups excluding carboxylic acids is 1. The summed E-state index contributed by atoms with van der Waals surface area (Å²) in [6.45, 7) is 5.89. The van der Waals surface area contributed by atoms with E-state index in [4.69, 9.17) is 6.42 Å². The molecule has 0 saturated heterocycles. The Balaban J connectivity index is 2.49. The average Bonchev–Trinajstić information content (AvgIpc) is 2.27. The van der Waals surface area contributed by atoms with Crippen LogP contribution in [0.15, 0.2) is 24.3 Å². The van der Waals surface area contributed by atoms with Gasteiger partial charge in [0.2, 0.25) is 5.91 Å². The summed E-state index contributed by atoms with van der Waals surface area (Å²) in [5.74, 6) is 2.48. The molecule has 0 saturated carbocycles. The average molecular weight is 230 g/mol. The van der Waals surface area contributed by atoms with E-state index < -0.39 is 5.54 Å². The molecule has 90 valence electrons. The molecule has 0 atom stereocenters. The van der Waals surface area contributed by atoms with E-state index in [9.17, 15) is 4.79 Å². The summed E-state index contributed by atoms with van der Waals surface area (Å²) >= 11 is 0. The molecule has 0 radical (unpaired) electrons. The van der Waals surface area contributed by atoms with Crippen LogP contribution < -0.4 is 10.6 Å². The molecule has 0 aliphatic rings. The second kappa shape index (κ2) is 5.51. The second-order valence-corrected chi connectivity index (χ2v) is 4.54. The van der Waals surface area contributed by atoms with Crippen LogP contribution in [-0.2, 0) is 4.79 Å². The van der Waals surface area contributed by atoms with Crippen LogP contribution >= 0.6 is 0 Å². The van der Waals surface area contributed by atoms with Gasteiger partial charge in [-0.05, 0) is 38.5 Å². The molecule has 0 bridgehead atoms. The summed E-state index contributed by atoms with van der Waals surface area (Å²) in [5, 5.41) is 5.80. The first-order valence-corrected chi connectivity index (χ1v) is 5.52. The van der Waals surface area contributed by atoms with E-state index in [0.29, 0.717) is 0 Å². The maximum absolute atomic E-state index is 11.6. The van der Waals surface area contributed by atoms with Gasteiger partial charge < -0.3 is 5.32 Å². The number of hydrogen-bond acceptors (Lipinski definition) is 2. The van der Waals surface area contributed by atoms with Crippen molar-refractivity contribution < 1.29 is 4.79 Å². The fourth-order valence-electron chi connectivity index (χ4n) is 1.28. The lowest BCUT2D eigenvalue weighted by molar-refractivity contribution is -0.115. The van der Waals surface area contributed by atoms with Gasteiger partial charge in [-0.2, -0.15) is 0 Å². The van der Waals surface area contributed by atoms with E-state index in [0.717, 1.165) is 11.3 Å². The van der Waals surface area contributed by atoms with Crippen LogP contribution in [-0.4, -0.2) is 18.0 Å². The number of hydrogen-bond donors (Lipinski definition) is 2. The molecule has 1 amide bonds. The van der Waals surface area contributed by atoms with Crippen molar-refractivity contribution in [3.8, 4) is 12.3 Å². The molecule has 1 rings (SSSR count). The number of terminal acetylenes is 1. The van der Waals surface area contributed by atoms with Crippen LogP contribution in [0.3, 0.4) is 0 Å². The third-order valence-corrected chi connectivity index (χ3v) is 2.35. The zero-order chi connectivity index (χ0) is 12.9. The molecule has 1 aromatic carbocycles. The van der Waals surface area contributed by atoms with Gasteiger partial charge in [-0.25, -0.2) is 0 Å². The highest BCUT2D eigenvalue weighted by Crippen LogP contribution is 2.09. The Morgan fingerprint density at radius 1 is 1.47 bits per heavy atom. The van der Waals surface area contributed by atoms with Crippen LogP contribution in [0.25, 0.3) is 0 Å². The predicted octanol–water partition coefficient (Wildman–Crippen LogP) is 1.93. The summed E-state index contributed by atoms with van der Waals surface area (Å²) in [6.07, 6.45) is 5.32. The minimum absolute atomic E-state index is 0.0982. The number of amides is 1. The number of aryl methyl sites for hydroxylation is 1. The van der Waals surface area contributed by atoms with Crippen molar-refractivity contribution in [2.24, 2.45) is 0 Å². The highest BCUT2D eigenvalue weighted by atomic mass is 16.1. The van der Waals surface area contributed by atoms with E-state index in [2.05, 4.69) is 16.6 Å². The fourth-order valence-corrected chi connectivity index (χ4v) is 1.28. The SMILES string of the molecule is C#CC(C)(C)NCC(=O)Nc1cccc(C)c1. The van der Waals surface area contributed by atoms with Gasteiger partial charge in [-0.15, -0.1) is 6.42 Å². The largest absolute Gasteiger partial charge is 0.325 e. The van der Waals surface area contributed by atoms with Gasteiger partial charge in [-0.1, -0.05) is 18.1 Å². The second-order valence-electron chi connectivity index (χ2n) is 4.54. The van der Waals surface area contributed by atoms with Crippen molar-refractivity contribution in [2.75, 3.05) is 11.9 Å². The molecule has 0 heterocycles. The lowest BCUT2D eigenvalue weighted by atomic mass is 10.1. The Kier molecular flexibility index (Phi) is 4.30. The predicted molar refractivity (Wildman–Crippen MR) is 70.7 cm³/mol. The van der Waals surface area contributed by atoms with Gasteiger partial charge in [0.25, 0.3) is 0 Å². The van der Waals surface area contributed by atoms with Crippen molar-refractivity contribution in [2.45, 2.75) is 26.3 Å². The first-order valence-electron chi connectivity index (χ1n) is 5.52. The molecule has 2 N–H and O–H groups in total. The Hall–Kier alpha value is -1.79. The summed E-state index contributed by atoms with van der Waals surface area (Å²) < 4.78 is 0. The molecule has 0 aliphatic heterocycles. The van der Waals surface area contributed by atoms with Crippen molar-refractivity contribution in [1.82, 2.24) is 5.32 Å². The van der Waals surface area contributed by atoms with Crippen LogP contribution in [0.2, 0.25) is 0 Å². The number of carbonyl (C=O) groups is 1. The van der Waals surface area contributed by atoms with E-state index in [1.807, 2.05) is 45.0 Å². The molecular formula is C14H18N2O. The van der Waals surface area contributed by atoms with Crippen molar-refractivity contribution >= 4 is 11.6 Å². The van der Waals surface area contributed by atoms with Crippen LogP contribution in [0.1, 0.15) is 19.4 Å². The van der Waals surface area contributed by atoms with E-state index in [1.54, 1.807) is 0 Å². The summed E-state index contributed by atoms with van der Waals surface area (Å²) in [6, 6.07) is 7.67. The van der Waals surface area contributed by atoms with E-state index >= 15 is 0 Å². The van der Waals surface area contributed by atoms with Gasteiger partial charge in [0, 0.05) is 5.69 Å².